The molecule has 0 bridgehead atoms. The van der Waals surface area contributed by atoms with Crippen molar-refractivity contribution < 1.29 is 14.3 Å². The number of hydrogen-bond acceptors (Lipinski definition) is 4. The van der Waals surface area contributed by atoms with Crippen LogP contribution >= 0.6 is 0 Å². The normalized spacial score (nSPS) is 13.2. The molecule has 6 heteroatoms. The van der Waals surface area contributed by atoms with E-state index in [0.29, 0.717) is 0 Å². The highest BCUT2D eigenvalue weighted by Crippen LogP contribution is 2.17. The van der Waals surface area contributed by atoms with Crippen molar-refractivity contribution in [3.8, 4) is 6.07 Å². The zero-order valence-corrected chi connectivity index (χ0v) is 10.2. The Morgan fingerprint density at radius 2 is 2.26 bits per heavy atom. The van der Waals surface area contributed by atoms with E-state index < -0.39 is 17.7 Å². The van der Waals surface area contributed by atoms with Crippen LogP contribution in [0.15, 0.2) is 35.0 Å². The predicted molar refractivity (Wildman–Crippen MR) is 68.3 cm³/mol. The van der Waals surface area contributed by atoms with Gasteiger partial charge in [0.15, 0.2) is 0 Å². The number of nitrogens with two attached hydrogens (primary N) is 1. The third kappa shape index (κ3) is 3.92. The molecule has 3 N–H and O–H groups in total. The second-order valence-electron chi connectivity index (χ2n) is 3.79. The van der Waals surface area contributed by atoms with Crippen molar-refractivity contribution in [1.82, 2.24) is 0 Å². The first kappa shape index (κ1) is 14.4. The largest absolute Gasteiger partial charge is 0.481 e. The summed E-state index contributed by atoms with van der Waals surface area (Å²) in [6, 6.07) is 5.41. The van der Waals surface area contributed by atoms with Crippen molar-refractivity contribution >= 4 is 17.9 Å². The Labute approximate surface area is 109 Å². The minimum atomic E-state index is -1.04. The number of aliphatic imine (C=N–C) groups is 1. The number of carboxylic acid groups (broad SMARTS) is 1. The van der Waals surface area contributed by atoms with E-state index in [0.717, 1.165) is 18.3 Å². The molecule has 0 saturated carbocycles. The monoisotopic (exact) mass is 261 g/mol. The first-order valence-corrected chi connectivity index (χ1v) is 5.37. The molecule has 1 rings (SSSR count). The summed E-state index contributed by atoms with van der Waals surface area (Å²) >= 11 is 0. The Bertz CT molecular complexity index is 588. The minimum Gasteiger partial charge on any atom is -0.481 e. The van der Waals surface area contributed by atoms with Crippen molar-refractivity contribution in [1.29, 1.82) is 5.26 Å². The summed E-state index contributed by atoms with van der Waals surface area (Å²) < 4.78 is 13.1. The van der Waals surface area contributed by atoms with Crippen molar-refractivity contribution in [2.24, 2.45) is 16.6 Å². The van der Waals surface area contributed by atoms with E-state index in [2.05, 4.69) is 4.99 Å². The maximum Gasteiger partial charge on any atom is 0.310 e. The van der Waals surface area contributed by atoms with E-state index in [1.54, 1.807) is 6.07 Å². The van der Waals surface area contributed by atoms with Crippen LogP contribution in [0, 0.1) is 23.1 Å². The van der Waals surface area contributed by atoms with Crippen LogP contribution in [0.2, 0.25) is 0 Å². The standard InChI is InChI=1S/C13H12FN3O2/c1-8(13(18)19)10(6-16)7-17-12-3-9(5-15)2-11(14)4-12/h2-4,6-8H,16H2,1H3,(H,18,19)/b10-6+,17-7?. The molecule has 1 aromatic carbocycles. The highest BCUT2D eigenvalue weighted by atomic mass is 19.1. The number of benzene rings is 1. The molecule has 0 aliphatic carbocycles. The fraction of sp³-hybridized carbons (Fsp3) is 0.154. The van der Waals surface area contributed by atoms with E-state index in [-0.39, 0.29) is 16.8 Å². The van der Waals surface area contributed by atoms with Crippen LogP contribution in [0.25, 0.3) is 0 Å². The maximum absolute atomic E-state index is 13.1. The summed E-state index contributed by atoms with van der Waals surface area (Å²) in [6.07, 6.45) is 2.38. The van der Waals surface area contributed by atoms with Crippen LogP contribution in [-0.4, -0.2) is 17.3 Å². The second-order valence-corrected chi connectivity index (χ2v) is 3.79. The summed E-state index contributed by atoms with van der Waals surface area (Å²) in [5.74, 6) is -2.45. The Morgan fingerprint density at radius 3 is 2.79 bits per heavy atom. The molecule has 0 spiro atoms. The smallest absolute Gasteiger partial charge is 0.310 e. The number of halogens is 1. The number of nitrogens with zero attached hydrogens (tertiary/aromatic N) is 2. The van der Waals surface area contributed by atoms with E-state index in [1.807, 2.05) is 0 Å². The first-order chi connectivity index (χ1) is 8.97. The first-order valence-electron chi connectivity index (χ1n) is 5.37. The lowest BCUT2D eigenvalue weighted by molar-refractivity contribution is -0.139. The summed E-state index contributed by atoms with van der Waals surface area (Å²) in [7, 11) is 0. The molecule has 0 amide bonds. The third-order valence-electron chi connectivity index (χ3n) is 2.44. The molecular weight excluding hydrogens is 249 g/mol. The van der Waals surface area contributed by atoms with Crippen LogP contribution in [0.1, 0.15) is 12.5 Å². The molecule has 19 heavy (non-hydrogen) atoms. The molecular formula is C13H12FN3O2. The van der Waals surface area contributed by atoms with Crippen LogP contribution in [0.5, 0.6) is 0 Å². The van der Waals surface area contributed by atoms with Gasteiger partial charge in [0.1, 0.15) is 5.82 Å². The lowest BCUT2D eigenvalue weighted by atomic mass is 10.0. The lowest BCUT2D eigenvalue weighted by Gasteiger charge is -2.05. The summed E-state index contributed by atoms with van der Waals surface area (Å²) in [5, 5.41) is 17.5. The maximum atomic E-state index is 13.1. The van der Waals surface area contributed by atoms with Crippen molar-refractivity contribution in [2.45, 2.75) is 6.92 Å². The fourth-order valence-corrected chi connectivity index (χ4v) is 1.30. The molecule has 0 fully saturated rings. The summed E-state index contributed by atoms with van der Waals surface area (Å²) in [6.45, 7) is 1.46. The quantitative estimate of drug-likeness (QED) is 0.809. The highest BCUT2D eigenvalue weighted by molar-refractivity contribution is 5.89. The molecule has 0 saturated heterocycles. The highest BCUT2D eigenvalue weighted by Gasteiger charge is 2.14. The molecule has 5 nitrogen and oxygen atoms in total. The van der Waals surface area contributed by atoms with E-state index >= 15 is 0 Å². The zero-order valence-electron chi connectivity index (χ0n) is 10.2. The van der Waals surface area contributed by atoms with Crippen molar-refractivity contribution in [3.63, 3.8) is 0 Å². The predicted octanol–water partition coefficient (Wildman–Crippen LogP) is 1.96. The van der Waals surface area contributed by atoms with Crippen LogP contribution < -0.4 is 5.73 Å². The topological polar surface area (TPSA) is 99.5 Å². The van der Waals surface area contributed by atoms with E-state index in [1.165, 1.54) is 19.2 Å². The number of hydrogen-bond donors (Lipinski definition) is 2. The molecule has 1 aromatic rings. The van der Waals surface area contributed by atoms with Gasteiger partial charge in [0.25, 0.3) is 0 Å². The van der Waals surface area contributed by atoms with Crippen LogP contribution in [-0.2, 0) is 4.79 Å². The summed E-state index contributed by atoms with van der Waals surface area (Å²) in [5.41, 5.74) is 5.96. The SMILES string of the molecule is CC(C(=O)O)/C(C=Nc1cc(F)cc(C#N)c1)=C/N. The second kappa shape index (κ2) is 6.31. The van der Waals surface area contributed by atoms with Gasteiger partial charge in [-0.25, -0.2) is 4.39 Å². The lowest BCUT2D eigenvalue weighted by Crippen LogP contribution is -2.14. The van der Waals surface area contributed by atoms with Gasteiger partial charge in [-0.1, -0.05) is 0 Å². The average molecular weight is 261 g/mol. The van der Waals surface area contributed by atoms with Gasteiger partial charge in [-0.3, -0.25) is 9.79 Å². The van der Waals surface area contributed by atoms with Gasteiger partial charge in [-0.05, 0) is 36.9 Å². The van der Waals surface area contributed by atoms with E-state index in [9.17, 15) is 9.18 Å². The number of nitriles is 1. The van der Waals surface area contributed by atoms with Gasteiger partial charge in [-0.2, -0.15) is 5.26 Å². The molecule has 1 atom stereocenters. The van der Waals surface area contributed by atoms with Crippen LogP contribution in [0.3, 0.4) is 0 Å². The third-order valence-corrected chi connectivity index (χ3v) is 2.44. The molecule has 1 unspecified atom stereocenters. The van der Waals surface area contributed by atoms with Crippen LogP contribution in [0.4, 0.5) is 10.1 Å². The van der Waals surface area contributed by atoms with Gasteiger partial charge >= 0.3 is 5.97 Å². The fourth-order valence-electron chi connectivity index (χ4n) is 1.30. The minimum absolute atomic E-state index is 0.136. The molecule has 98 valence electrons. The number of aliphatic carboxylic acids is 1. The van der Waals surface area contributed by atoms with E-state index in [4.69, 9.17) is 16.1 Å². The molecule has 0 radical (unpaired) electrons. The van der Waals surface area contributed by atoms with Gasteiger partial charge < -0.3 is 10.8 Å². The van der Waals surface area contributed by atoms with Gasteiger partial charge in [-0.15, -0.1) is 0 Å². The van der Waals surface area contributed by atoms with Gasteiger partial charge in [0.05, 0.1) is 23.2 Å². The van der Waals surface area contributed by atoms with Gasteiger partial charge in [0, 0.05) is 6.21 Å². The Kier molecular flexibility index (Phi) is 4.77. The Morgan fingerprint density at radius 1 is 1.58 bits per heavy atom. The number of carboxylic acids is 1. The van der Waals surface area contributed by atoms with Crippen molar-refractivity contribution in [3.05, 3.63) is 41.4 Å². The molecule has 0 aromatic heterocycles. The Balaban J connectivity index is 3.01. The Hall–Kier alpha value is -2.68. The van der Waals surface area contributed by atoms with Gasteiger partial charge in [0.2, 0.25) is 0 Å². The molecule has 0 aliphatic rings. The summed E-state index contributed by atoms with van der Waals surface area (Å²) in [4.78, 5) is 14.7. The number of rotatable bonds is 4. The average Bonchev–Trinajstić information content (AvgIpc) is 2.38. The molecule has 0 aliphatic heterocycles. The van der Waals surface area contributed by atoms with Crippen molar-refractivity contribution in [2.75, 3.05) is 0 Å². The zero-order chi connectivity index (χ0) is 14.4. The molecule has 0 heterocycles. The number of carbonyl (C=O) groups is 1.